The number of hydrogen-bond acceptors (Lipinski definition) is 4. The van der Waals surface area contributed by atoms with Crippen molar-refractivity contribution in [1.82, 2.24) is 0 Å². The Morgan fingerprint density at radius 2 is 1.82 bits per heavy atom. The fourth-order valence-corrected chi connectivity index (χ4v) is 3.18. The highest BCUT2D eigenvalue weighted by Gasteiger charge is 2.30. The molecule has 0 spiro atoms. The van der Waals surface area contributed by atoms with Crippen LogP contribution in [0.2, 0.25) is 10.0 Å². The molecule has 1 aliphatic heterocycles. The first-order valence-corrected chi connectivity index (χ1v) is 9.30. The van der Waals surface area contributed by atoms with Gasteiger partial charge in [-0.2, -0.15) is 0 Å². The molecule has 0 radical (unpaired) electrons. The predicted molar refractivity (Wildman–Crippen MR) is 111 cm³/mol. The zero-order valence-corrected chi connectivity index (χ0v) is 17.1. The molecule has 2 aromatic rings. The van der Waals surface area contributed by atoms with Crippen LogP contribution >= 0.6 is 23.2 Å². The summed E-state index contributed by atoms with van der Waals surface area (Å²) in [6.45, 7) is 3.57. The van der Waals surface area contributed by atoms with Gasteiger partial charge in [-0.05, 0) is 50.3 Å². The van der Waals surface area contributed by atoms with E-state index >= 15 is 0 Å². The van der Waals surface area contributed by atoms with Crippen molar-refractivity contribution in [3.05, 3.63) is 57.6 Å². The Balaban J connectivity index is 1.95. The summed E-state index contributed by atoms with van der Waals surface area (Å²) in [5.74, 6) is -0.107. The van der Waals surface area contributed by atoms with Crippen LogP contribution in [0.3, 0.4) is 0 Å². The fraction of sp³-hybridized carbons (Fsp3) is 0.238. The maximum Gasteiger partial charge on any atom is 0.314 e. The average Bonchev–Trinajstić information content (AvgIpc) is 2.94. The van der Waals surface area contributed by atoms with Crippen LogP contribution in [0.5, 0.6) is 5.75 Å². The van der Waals surface area contributed by atoms with E-state index in [0.29, 0.717) is 32.6 Å². The molecule has 28 heavy (non-hydrogen) atoms. The fourth-order valence-electron chi connectivity index (χ4n) is 2.82. The third kappa shape index (κ3) is 4.16. The Hall–Kier alpha value is -2.50. The van der Waals surface area contributed by atoms with Gasteiger partial charge in [0.15, 0.2) is 0 Å². The molecule has 0 saturated heterocycles. The lowest BCUT2D eigenvalue weighted by Gasteiger charge is -2.22. The van der Waals surface area contributed by atoms with Gasteiger partial charge < -0.3 is 14.8 Å². The van der Waals surface area contributed by atoms with Gasteiger partial charge in [-0.25, -0.2) is 0 Å². The Bertz CT molecular complexity index is 982. The van der Waals surface area contributed by atoms with Crippen molar-refractivity contribution in [2.24, 2.45) is 5.41 Å². The average molecular weight is 420 g/mol. The normalized spacial score (nSPS) is 14.6. The van der Waals surface area contributed by atoms with Crippen LogP contribution in [0.4, 0.5) is 5.69 Å². The molecule has 2 aromatic carbocycles. The van der Waals surface area contributed by atoms with Gasteiger partial charge in [0, 0.05) is 26.7 Å². The highest BCUT2D eigenvalue weighted by atomic mass is 35.5. The summed E-state index contributed by atoms with van der Waals surface area (Å²) in [6.07, 6.45) is 1.71. The van der Waals surface area contributed by atoms with Gasteiger partial charge in [0.25, 0.3) is 5.91 Å². The van der Waals surface area contributed by atoms with E-state index in [-0.39, 0.29) is 18.5 Å². The van der Waals surface area contributed by atoms with E-state index < -0.39 is 5.41 Å². The topological polar surface area (TPSA) is 64.6 Å². The molecule has 3 rings (SSSR count). The lowest BCUT2D eigenvalue weighted by molar-refractivity contribution is -0.152. The van der Waals surface area contributed by atoms with Crippen LogP contribution < -0.4 is 10.1 Å². The maximum atomic E-state index is 12.4. The van der Waals surface area contributed by atoms with Gasteiger partial charge in [-0.3, -0.25) is 9.59 Å². The number of benzene rings is 2. The second-order valence-corrected chi connectivity index (χ2v) is 7.92. The third-order valence-electron chi connectivity index (χ3n) is 4.36. The number of fused-ring (bicyclic) bond motifs is 1. The first-order chi connectivity index (χ1) is 13.2. The number of anilines is 1. The summed E-state index contributed by atoms with van der Waals surface area (Å²) >= 11 is 12.1. The van der Waals surface area contributed by atoms with Crippen molar-refractivity contribution in [3.63, 3.8) is 0 Å². The van der Waals surface area contributed by atoms with Gasteiger partial charge in [0.1, 0.15) is 12.4 Å². The Morgan fingerprint density at radius 3 is 2.54 bits per heavy atom. The van der Waals surface area contributed by atoms with Gasteiger partial charge in [-0.15, -0.1) is 0 Å². The second kappa shape index (κ2) is 7.86. The van der Waals surface area contributed by atoms with Crippen LogP contribution in [0, 0.1) is 5.41 Å². The van der Waals surface area contributed by atoms with E-state index in [0.717, 1.165) is 5.56 Å². The third-order valence-corrected chi connectivity index (χ3v) is 4.83. The molecule has 0 saturated carbocycles. The van der Waals surface area contributed by atoms with Crippen molar-refractivity contribution < 1.29 is 19.1 Å². The molecule has 1 aliphatic rings. The second-order valence-electron chi connectivity index (χ2n) is 7.05. The lowest BCUT2D eigenvalue weighted by Crippen LogP contribution is -2.32. The molecule has 0 atom stereocenters. The van der Waals surface area contributed by atoms with E-state index in [1.54, 1.807) is 56.3 Å². The highest BCUT2D eigenvalue weighted by Crippen LogP contribution is 2.37. The van der Waals surface area contributed by atoms with Crippen LogP contribution in [0.1, 0.15) is 25.0 Å². The SMILES string of the molecule is COC(=O)C(C)(C)COc1ccc(Cl)cc1C=C1C(=O)Nc2cc(Cl)ccc21. The van der Waals surface area contributed by atoms with E-state index in [1.807, 2.05) is 0 Å². The molecule has 5 nitrogen and oxygen atoms in total. The first-order valence-electron chi connectivity index (χ1n) is 8.55. The van der Waals surface area contributed by atoms with Crippen molar-refractivity contribution in [3.8, 4) is 5.75 Å². The first kappa shape index (κ1) is 20.2. The zero-order valence-electron chi connectivity index (χ0n) is 15.6. The number of halogens is 2. The highest BCUT2D eigenvalue weighted by molar-refractivity contribution is 6.37. The summed E-state index contributed by atoms with van der Waals surface area (Å²) in [6, 6.07) is 10.3. The quantitative estimate of drug-likeness (QED) is 0.542. The molecule has 7 heteroatoms. The summed E-state index contributed by atoms with van der Waals surface area (Å²) < 4.78 is 10.7. The molecular formula is C21H19Cl2NO4. The summed E-state index contributed by atoms with van der Waals surface area (Å²) in [7, 11) is 1.34. The molecule has 0 bridgehead atoms. The number of rotatable bonds is 5. The monoisotopic (exact) mass is 419 g/mol. The standard InChI is InChI=1S/C21H19Cl2NO4/c1-21(2,20(26)27-3)11-28-18-7-5-13(22)8-12(18)9-16-15-6-4-14(23)10-17(15)24-19(16)25/h4-10H,11H2,1-3H3,(H,24,25). The Morgan fingerprint density at radius 1 is 1.14 bits per heavy atom. The smallest absolute Gasteiger partial charge is 0.314 e. The molecule has 0 aliphatic carbocycles. The van der Waals surface area contributed by atoms with Crippen LogP contribution in [-0.4, -0.2) is 25.6 Å². The van der Waals surface area contributed by atoms with E-state index in [1.165, 1.54) is 7.11 Å². The van der Waals surface area contributed by atoms with Gasteiger partial charge in [0.05, 0.1) is 18.2 Å². The number of carbonyl (C=O) groups excluding carboxylic acids is 2. The summed E-state index contributed by atoms with van der Waals surface area (Å²) in [5, 5.41) is 3.83. The van der Waals surface area contributed by atoms with Crippen LogP contribution in [-0.2, 0) is 14.3 Å². The maximum absolute atomic E-state index is 12.4. The van der Waals surface area contributed by atoms with Gasteiger partial charge in [0.2, 0.25) is 0 Å². The number of ether oxygens (including phenoxy) is 2. The van der Waals surface area contributed by atoms with Crippen LogP contribution in [0.25, 0.3) is 11.6 Å². The molecule has 1 amide bonds. The largest absolute Gasteiger partial charge is 0.492 e. The molecule has 0 aromatic heterocycles. The molecule has 1 N–H and O–H groups in total. The molecular weight excluding hydrogens is 401 g/mol. The number of carbonyl (C=O) groups is 2. The Labute approximate surface area is 173 Å². The van der Waals surface area contributed by atoms with Crippen LogP contribution in [0.15, 0.2) is 36.4 Å². The van der Waals surface area contributed by atoms with Crippen molar-refractivity contribution in [2.75, 3.05) is 19.0 Å². The lowest BCUT2D eigenvalue weighted by atomic mass is 9.95. The van der Waals surface area contributed by atoms with Gasteiger partial charge in [-0.1, -0.05) is 29.3 Å². The number of nitrogens with one attached hydrogen (secondary N) is 1. The number of esters is 1. The molecule has 146 valence electrons. The molecule has 1 heterocycles. The zero-order chi connectivity index (χ0) is 20.5. The molecule has 0 fully saturated rings. The minimum atomic E-state index is -0.827. The predicted octanol–water partition coefficient (Wildman–Crippen LogP) is 5.06. The number of amides is 1. The van der Waals surface area contributed by atoms with Crippen molar-refractivity contribution in [1.29, 1.82) is 0 Å². The molecule has 0 unspecified atom stereocenters. The number of methoxy groups -OCH3 is 1. The minimum absolute atomic E-state index is 0.107. The van der Waals surface area contributed by atoms with Crippen molar-refractivity contribution >= 4 is 52.4 Å². The minimum Gasteiger partial charge on any atom is -0.492 e. The number of hydrogen-bond donors (Lipinski definition) is 1. The summed E-state index contributed by atoms with van der Waals surface area (Å²) in [4.78, 5) is 24.3. The van der Waals surface area contributed by atoms with E-state index in [2.05, 4.69) is 5.32 Å². The van der Waals surface area contributed by atoms with Crippen molar-refractivity contribution in [2.45, 2.75) is 13.8 Å². The van der Waals surface area contributed by atoms with E-state index in [4.69, 9.17) is 32.7 Å². The Kier molecular flexibility index (Phi) is 5.68. The summed E-state index contributed by atoms with van der Waals surface area (Å²) in [5.41, 5.74) is 1.68. The van der Waals surface area contributed by atoms with Gasteiger partial charge >= 0.3 is 5.97 Å². The van der Waals surface area contributed by atoms with E-state index in [9.17, 15) is 9.59 Å².